The maximum atomic E-state index is 15.5. The van der Waals surface area contributed by atoms with Crippen molar-refractivity contribution in [3.8, 4) is 20.9 Å². The molecule has 2 nitrogen and oxygen atoms in total. The van der Waals surface area contributed by atoms with Crippen LogP contribution in [-0.4, -0.2) is 31.0 Å². The summed E-state index contributed by atoms with van der Waals surface area (Å²) in [6.45, 7) is 5.79. The Kier molecular flexibility index (Phi) is 6.76. The quantitative estimate of drug-likeness (QED) is 0.211. The van der Waals surface area contributed by atoms with Crippen molar-refractivity contribution in [1.29, 1.82) is 0 Å². The lowest BCUT2D eigenvalue weighted by Gasteiger charge is -2.25. The van der Waals surface area contributed by atoms with Crippen LogP contribution in [0, 0.1) is 20.8 Å². The van der Waals surface area contributed by atoms with Crippen molar-refractivity contribution >= 4 is 33.8 Å². The summed E-state index contributed by atoms with van der Waals surface area (Å²) in [4.78, 5) is 1.50. The molecule has 0 radical (unpaired) electrons. The van der Waals surface area contributed by atoms with Crippen LogP contribution in [-0.2, 0) is 9.47 Å². The molecule has 0 unspecified atom stereocenters. The molecule has 0 saturated carbocycles. The predicted octanol–water partition coefficient (Wildman–Crippen LogP) is 9.94. The van der Waals surface area contributed by atoms with Gasteiger partial charge in [-0.25, -0.2) is 0 Å². The largest absolute Gasteiger partial charge is 0.380 e. The van der Waals surface area contributed by atoms with Crippen molar-refractivity contribution in [3.05, 3.63) is 92.7 Å². The molecule has 41 heavy (non-hydrogen) atoms. The zero-order valence-corrected chi connectivity index (χ0v) is 23.8. The van der Waals surface area contributed by atoms with E-state index in [2.05, 4.69) is 0 Å². The maximum Gasteiger partial charge on any atom is 0.380 e. The Hall–Kier alpha value is -2.92. The summed E-state index contributed by atoms with van der Waals surface area (Å²) in [6, 6.07) is 16.8. The van der Waals surface area contributed by atoms with Crippen molar-refractivity contribution < 1.29 is 35.8 Å². The third kappa shape index (κ3) is 4.38. The highest BCUT2D eigenvalue weighted by Crippen LogP contribution is 2.66. The van der Waals surface area contributed by atoms with Crippen LogP contribution >= 0.6 is 22.7 Å². The van der Waals surface area contributed by atoms with Crippen molar-refractivity contribution in [3.63, 3.8) is 0 Å². The number of allylic oxidation sites excluding steroid dienone is 2. The molecule has 0 spiro atoms. The number of hydrogen-bond donors (Lipinski definition) is 0. The first-order valence-corrected chi connectivity index (χ1v) is 14.5. The van der Waals surface area contributed by atoms with Gasteiger partial charge >= 0.3 is 17.8 Å². The number of benzene rings is 2. The van der Waals surface area contributed by atoms with Gasteiger partial charge in [-0.3, -0.25) is 0 Å². The van der Waals surface area contributed by atoms with Gasteiger partial charge in [0.1, 0.15) is 0 Å². The number of aryl methyl sites for hydroxylation is 3. The zero-order valence-electron chi connectivity index (χ0n) is 22.2. The Bertz CT molecular complexity index is 1640. The minimum atomic E-state index is -5.61. The third-order valence-electron chi connectivity index (χ3n) is 7.47. The summed E-state index contributed by atoms with van der Waals surface area (Å²) in [7, 11) is 0. The molecular weight excluding hydrogens is 582 g/mol. The molecule has 0 atom stereocenters. The average Bonchev–Trinajstić information content (AvgIpc) is 3.69. The van der Waals surface area contributed by atoms with Crippen molar-refractivity contribution in [2.45, 2.75) is 44.8 Å². The van der Waals surface area contributed by atoms with E-state index in [1.807, 2.05) is 19.1 Å². The summed E-state index contributed by atoms with van der Waals surface area (Å²) in [5.74, 6) is -15.8. The molecule has 2 aromatic heterocycles. The van der Waals surface area contributed by atoms with E-state index in [9.17, 15) is 8.78 Å². The van der Waals surface area contributed by atoms with E-state index in [-0.39, 0.29) is 20.9 Å². The van der Waals surface area contributed by atoms with E-state index in [0.717, 1.165) is 33.8 Å². The van der Waals surface area contributed by atoms with E-state index < -0.39 is 35.2 Å². The summed E-state index contributed by atoms with van der Waals surface area (Å²) < 4.78 is 103. The SMILES string of the molecule is Cc1ccc(-c2cc(C3=C(c4cc(-c5ccc(C6OCCO6)cc5)sc4C)C(F)(F)C(F)(F)C3(F)F)c(C)s2)cc1. The number of halogens is 6. The number of thiophene rings is 2. The van der Waals surface area contributed by atoms with Crippen LogP contribution in [0.4, 0.5) is 26.3 Å². The van der Waals surface area contributed by atoms with Crippen LogP contribution < -0.4 is 0 Å². The first-order chi connectivity index (χ1) is 19.3. The molecule has 1 aliphatic heterocycles. The molecule has 4 aromatic rings. The van der Waals surface area contributed by atoms with Gasteiger partial charge in [0.15, 0.2) is 6.29 Å². The Morgan fingerprint density at radius 1 is 0.634 bits per heavy atom. The minimum Gasteiger partial charge on any atom is -0.346 e. The Morgan fingerprint density at radius 2 is 1.05 bits per heavy atom. The molecule has 2 aliphatic rings. The number of alkyl halides is 6. The third-order valence-corrected chi connectivity index (χ3v) is 9.67. The van der Waals surface area contributed by atoms with E-state index in [4.69, 9.17) is 9.47 Å². The molecule has 2 aromatic carbocycles. The lowest BCUT2D eigenvalue weighted by atomic mass is 9.94. The molecular formula is C31H24F6O2S2. The van der Waals surface area contributed by atoms with Crippen molar-refractivity contribution in [2.24, 2.45) is 0 Å². The van der Waals surface area contributed by atoms with E-state index in [1.165, 1.54) is 26.0 Å². The summed E-state index contributed by atoms with van der Waals surface area (Å²) in [5, 5.41) is 0. The highest BCUT2D eigenvalue weighted by Gasteiger charge is 2.80. The van der Waals surface area contributed by atoms with Crippen LogP contribution in [0.5, 0.6) is 0 Å². The summed E-state index contributed by atoms with van der Waals surface area (Å²) in [6.07, 6.45) is -0.502. The van der Waals surface area contributed by atoms with Gasteiger partial charge in [0, 0.05) is 36.2 Å². The van der Waals surface area contributed by atoms with Gasteiger partial charge in [0.25, 0.3) is 0 Å². The maximum absolute atomic E-state index is 15.5. The molecule has 214 valence electrons. The predicted molar refractivity (Wildman–Crippen MR) is 150 cm³/mol. The standard InChI is InChI=1S/C31H24F6O2S2/c1-16-4-6-19(7-5-16)24-14-22(17(2)40-24)26-27(30(34,35)31(36,37)29(26,32)33)23-15-25(41-18(23)3)20-8-10-21(11-9-20)28-38-12-13-39-28/h4-11,14-15,28H,12-13H2,1-3H3. The fraction of sp³-hybridized carbons (Fsp3) is 0.290. The normalized spacial score (nSPS) is 19.8. The van der Waals surface area contributed by atoms with Gasteiger partial charge in [0.05, 0.1) is 13.2 Å². The smallest absolute Gasteiger partial charge is 0.346 e. The Morgan fingerprint density at radius 3 is 1.49 bits per heavy atom. The first-order valence-electron chi connectivity index (χ1n) is 12.8. The molecule has 0 amide bonds. The lowest BCUT2D eigenvalue weighted by Crippen LogP contribution is -2.48. The molecule has 6 rings (SSSR count). The lowest BCUT2D eigenvalue weighted by molar-refractivity contribution is -0.254. The summed E-state index contributed by atoms with van der Waals surface area (Å²) >= 11 is 2.18. The molecule has 10 heteroatoms. The second kappa shape index (κ2) is 9.83. The van der Waals surface area contributed by atoms with Gasteiger partial charge in [-0.2, -0.15) is 26.3 Å². The van der Waals surface area contributed by atoms with Gasteiger partial charge in [-0.15, -0.1) is 22.7 Å². The fourth-order valence-corrected chi connectivity index (χ4v) is 7.31. The molecule has 1 saturated heterocycles. The minimum absolute atomic E-state index is 0.235. The Labute approximate surface area is 240 Å². The second-order valence-electron chi connectivity index (χ2n) is 10.2. The number of hydrogen-bond acceptors (Lipinski definition) is 4. The first kappa shape index (κ1) is 28.2. The molecule has 1 aliphatic carbocycles. The molecule has 3 heterocycles. The summed E-state index contributed by atoms with van der Waals surface area (Å²) in [5.41, 5.74) is -0.196. The van der Waals surface area contributed by atoms with Gasteiger partial charge < -0.3 is 9.47 Å². The second-order valence-corrected chi connectivity index (χ2v) is 12.7. The van der Waals surface area contributed by atoms with Crippen molar-refractivity contribution in [1.82, 2.24) is 0 Å². The van der Waals surface area contributed by atoms with Gasteiger partial charge in [0.2, 0.25) is 0 Å². The topological polar surface area (TPSA) is 18.5 Å². The van der Waals surface area contributed by atoms with Crippen LogP contribution in [0.1, 0.15) is 38.3 Å². The average molecular weight is 607 g/mol. The van der Waals surface area contributed by atoms with Crippen molar-refractivity contribution in [2.75, 3.05) is 13.2 Å². The Balaban J connectivity index is 1.49. The number of rotatable bonds is 5. The fourth-order valence-electron chi connectivity index (χ4n) is 5.25. The van der Waals surface area contributed by atoms with Crippen LogP contribution in [0.25, 0.3) is 32.0 Å². The van der Waals surface area contributed by atoms with E-state index in [0.29, 0.717) is 34.1 Å². The molecule has 0 N–H and O–H groups in total. The van der Waals surface area contributed by atoms with E-state index in [1.54, 1.807) is 36.4 Å². The van der Waals surface area contributed by atoms with Crippen LogP contribution in [0.15, 0.2) is 60.7 Å². The van der Waals surface area contributed by atoms with Gasteiger partial charge in [-0.05, 0) is 55.2 Å². The monoisotopic (exact) mass is 606 g/mol. The highest BCUT2D eigenvalue weighted by molar-refractivity contribution is 7.16. The molecule has 0 bridgehead atoms. The number of ether oxygens (including phenoxy) is 2. The zero-order chi connectivity index (χ0) is 29.3. The van der Waals surface area contributed by atoms with Gasteiger partial charge in [-0.1, -0.05) is 54.1 Å². The van der Waals surface area contributed by atoms with Crippen LogP contribution in [0.2, 0.25) is 0 Å². The van der Waals surface area contributed by atoms with Crippen LogP contribution in [0.3, 0.4) is 0 Å². The molecule has 1 fully saturated rings. The van der Waals surface area contributed by atoms with E-state index >= 15 is 17.6 Å². The highest BCUT2D eigenvalue weighted by atomic mass is 32.1.